The molecule has 10 heteroatoms. The summed E-state index contributed by atoms with van der Waals surface area (Å²) in [6, 6.07) is 4.75. The highest BCUT2D eigenvalue weighted by Gasteiger charge is 2.13. The Hall–Kier alpha value is -2.97. The van der Waals surface area contributed by atoms with Crippen molar-refractivity contribution in [2.75, 3.05) is 33.3 Å². The number of aromatic nitrogens is 1. The second kappa shape index (κ2) is 10.5. The van der Waals surface area contributed by atoms with E-state index in [1.165, 1.54) is 45.7 Å². The van der Waals surface area contributed by atoms with Gasteiger partial charge in [-0.25, -0.2) is 9.78 Å². The number of benzene rings is 1. The molecule has 1 amide bonds. The van der Waals surface area contributed by atoms with Crippen LogP contribution >= 0.6 is 23.2 Å². The lowest BCUT2D eigenvalue weighted by Gasteiger charge is -2.12. The number of nitrogens with zero attached hydrogens (tertiary/aromatic N) is 1. The summed E-state index contributed by atoms with van der Waals surface area (Å²) in [6.07, 6.45) is 3.99. The minimum absolute atomic E-state index is 0.116. The Morgan fingerprint density at radius 3 is 2.28 bits per heavy atom. The summed E-state index contributed by atoms with van der Waals surface area (Å²) in [7, 11) is 4.46. The lowest BCUT2D eigenvalue weighted by Crippen LogP contribution is -2.20. The third kappa shape index (κ3) is 6.27. The number of hydrogen-bond donors (Lipinski definition) is 1. The molecule has 0 spiro atoms. The van der Waals surface area contributed by atoms with Crippen molar-refractivity contribution in [1.82, 2.24) is 4.98 Å². The molecule has 0 aliphatic rings. The smallest absolute Gasteiger partial charge is 0.331 e. The molecule has 1 N–H and O–H groups in total. The zero-order chi connectivity index (χ0) is 21.4. The molecular formula is C19H18Cl2N2O6. The maximum atomic E-state index is 11.9. The molecule has 0 bridgehead atoms. The van der Waals surface area contributed by atoms with Crippen molar-refractivity contribution in [2.45, 2.75) is 0 Å². The number of hydrogen-bond acceptors (Lipinski definition) is 7. The first-order chi connectivity index (χ1) is 13.9. The van der Waals surface area contributed by atoms with E-state index in [1.807, 2.05) is 0 Å². The summed E-state index contributed by atoms with van der Waals surface area (Å²) in [6.45, 7) is -0.515. The Morgan fingerprint density at radius 2 is 1.72 bits per heavy atom. The minimum atomic E-state index is -0.718. The van der Waals surface area contributed by atoms with Gasteiger partial charge in [0.15, 0.2) is 23.9 Å². The standard InChI is InChI=1S/C19H18Cl2N2O6/c1-26-14-6-11(7-15(27-2)18(14)28-3)4-5-17(25)29-10-16(24)23-19-13(21)8-12(20)9-22-19/h4-9H,10H2,1-3H3,(H,22,23,24). The lowest BCUT2D eigenvalue weighted by molar-refractivity contribution is -0.142. The van der Waals surface area contributed by atoms with Gasteiger partial charge in [0.05, 0.1) is 31.4 Å². The van der Waals surface area contributed by atoms with E-state index in [9.17, 15) is 9.59 Å². The van der Waals surface area contributed by atoms with E-state index in [4.69, 9.17) is 42.1 Å². The third-order valence-electron chi connectivity index (χ3n) is 3.51. The summed E-state index contributed by atoms with van der Waals surface area (Å²) >= 11 is 11.7. The van der Waals surface area contributed by atoms with Crippen LogP contribution in [0.4, 0.5) is 5.82 Å². The zero-order valence-corrected chi connectivity index (χ0v) is 17.3. The maximum Gasteiger partial charge on any atom is 0.331 e. The number of anilines is 1. The van der Waals surface area contributed by atoms with Crippen LogP contribution < -0.4 is 19.5 Å². The van der Waals surface area contributed by atoms with E-state index >= 15 is 0 Å². The van der Waals surface area contributed by atoms with Gasteiger partial charge in [0.25, 0.3) is 5.91 Å². The van der Waals surface area contributed by atoms with Gasteiger partial charge in [-0.05, 0) is 29.8 Å². The van der Waals surface area contributed by atoms with Gasteiger partial charge in [-0.15, -0.1) is 0 Å². The topological polar surface area (TPSA) is 96.0 Å². The van der Waals surface area contributed by atoms with E-state index in [0.29, 0.717) is 27.8 Å². The SMILES string of the molecule is COc1cc(C=CC(=O)OCC(=O)Nc2ncc(Cl)cc2Cl)cc(OC)c1OC. The summed E-state index contributed by atoms with van der Waals surface area (Å²) in [5, 5.41) is 2.92. The fourth-order valence-corrected chi connectivity index (χ4v) is 2.65. The number of pyridine rings is 1. The Labute approximate surface area is 177 Å². The predicted octanol–water partition coefficient (Wildman–Crippen LogP) is 3.61. The summed E-state index contributed by atoms with van der Waals surface area (Å²) < 4.78 is 20.6. The molecule has 2 rings (SSSR count). The average Bonchev–Trinajstić information content (AvgIpc) is 2.71. The van der Waals surface area contributed by atoms with Gasteiger partial charge >= 0.3 is 5.97 Å². The molecule has 1 heterocycles. The number of amides is 1. The third-order valence-corrected chi connectivity index (χ3v) is 4.00. The van der Waals surface area contributed by atoms with Crippen molar-refractivity contribution in [3.8, 4) is 17.2 Å². The summed E-state index contributed by atoms with van der Waals surface area (Å²) in [5.41, 5.74) is 0.609. The molecule has 0 unspecified atom stereocenters. The monoisotopic (exact) mass is 440 g/mol. The molecule has 0 saturated heterocycles. The van der Waals surface area contributed by atoms with E-state index in [2.05, 4.69) is 10.3 Å². The summed E-state index contributed by atoms with van der Waals surface area (Å²) in [5.74, 6) is 0.101. The molecule has 0 atom stereocenters. The fourth-order valence-electron chi connectivity index (χ4n) is 2.22. The van der Waals surface area contributed by atoms with E-state index in [-0.39, 0.29) is 10.8 Å². The van der Waals surface area contributed by atoms with E-state index in [0.717, 1.165) is 0 Å². The van der Waals surface area contributed by atoms with E-state index < -0.39 is 18.5 Å². The first kappa shape index (κ1) is 22.3. The van der Waals surface area contributed by atoms with Crippen LogP contribution in [0.2, 0.25) is 10.0 Å². The van der Waals surface area contributed by atoms with Gasteiger partial charge in [0.2, 0.25) is 5.75 Å². The van der Waals surface area contributed by atoms with Crippen molar-refractivity contribution in [2.24, 2.45) is 0 Å². The number of carbonyl (C=O) groups excluding carboxylic acids is 2. The van der Waals surface area contributed by atoms with Gasteiger partial charge in [0.1, 0.15) is 0 Å². The Morgan fingerprint density at radius 1 is 1.07 bits per heavy atom. The van der Waals surface area contributed by atoms with Crippen LogP contribution in [0.3, 0.4) is 0 Å². The number of carbonyl (C=O) groups is 2. The molecule has 154 valence electrons. The van der Waals surface area contributed by atoms with Crippen LogP contribution in [0, 0.1) is 0 Å². The first-order valence-corrected chi connectivity index (χ1v) is 8.89. The van der Waals surface area contributed by atoms with E-state index in [1.54, 1.807) is 12.1 Å². The highest BCUT2D eigenvalue weighted by Crippen LogP contribution is 2.38. The lowest BCUT2D eigenvalue weighted by atomic mass is 10.1. The van der Waals surface area contributed by atoms with Crippen LogP contribution in [0.25, 0.3) is 6.08 Å². The van der Waals surface area contributed by atoms with Crippen molar-refractivity contribution in [1.29, 1.82) is 0 Å². The van der Waals surface area contributed by atoms with Crippen LogP contribution in [0.5, 0.6) is 17.2 Å². The second-order valence-electron chi connectivity index (χ2n) is 5.43. The molecular weight excluding hydrogens is 423 g/mol. The first-order valence-electron chi connectivity index (χ1n) is 8.13. The largest absolute Gasteiger partial charge is 0.493 e. The molecule has 0 aliphatic carbocycles. The van der Waals surface area contributed by atoms with Crippen molar-refractivity contribution in [3.05, 3.63) is 46.1 Å². The van der Waals surface area contributed by atoms with Crippen LogP contribution in [-0.2, 0) is 14.3 Å². The number of halogens is 2. The number of esters is 1. The Balaban J connectivity index is 1.96. The second-order valence-corrected chi connectivity index (χ2v) is 6.28. The Bertz CT molecular complexity index is 908. The molecule has 0 saturated carbocycles. The Kier molecular flexibility index (Phi) is 8.11. The molecule has 0 aliphatic heterocycles. The normalized spacial score (nSPS) is 10.5. The van der Waals surface area contributed by atoms with Gasteiger partial charge in [-0.3, -0.25) is 4.79 Å². The van der Waals surface area contributed by atoms with Gasteiger partial charge < -0.3 is 24.3 Å². The maximum absolute atomic E-state index is 11.9. The number of nitrogens with one attached hydrogen (secondary N) is 1. The van der Waals surface area contributed by atoms with Crippen molar-refractivity contribution >= 4 is 47.0 Å². The van der Waals surface area contributed by atoms with Crippen molar-refractivity contribution in [3.63, 3.8) is 0 Å². The molecule has 29 heavy (non-hydrogen) atoms. The zero-order valence-electron chi connectivity index (χ0n) is 15.8. The molecule has 0 fully saturated rings. The molecule has 8 nitrogen and oxygen atoms in total. The number of rotatable bonds is 8. The van der Waals surface area contributed by atoms with Crippen LogP contribution in [0.15, 0.2) is 30.5 Å². The minimum Gasteiger partial charge on any atom is -0.493 e. The molecule has 2 aromatic rings. The van der Waals surface area contributed by atoms with Gasteiger partial charge in [0, 0.05) is 12.3 Å². The highest BCUT2D eigenvalue weighted by molar-refractivity contribution is 6.36. The van der Waals surface area contributed by atoms with Crippen LogP contribution in [0.1, 0.15) is 5.56 Å². The fraction of sp³-hybridized carbons (Fsp3) is 0.211. The molecule has 1 aromatic carbocycles. The number of methoxy groups -OCH3 is 3. The van der Waals surface area contributed by atoms with Gasteiger partial charge in [-0.2, -0.15) is 0 Å². The predicted molar refractivity (Wildman–Crippen MR) is 109 cm³/mol. The summed E-state index contributed by atoms with van der Waals surface area (Å²) in [4.78, 5) is 27.6. The highest BCUT2D eigenvalue weighted by atomic mass is 35.5. The number of ether oxygens (including phenoxy) is 4. The quantitative estimate of drug-likeness (QED) is 0.494. The average molecular weight is 441 g/mol. The van der Waals surface area contributed by atoms with Crippen molar-refractivity contribution < 1.29 is 28.5 Å². The molecule has 1 aromatic heterocycles. The van der Waals surface area contributed by atoms with Crippen LogP contribution in [-0.4, -0.2) is 44.8 Å². The van der Waals surface area contributed by atoms with Gasteiger partial charge in [-0.1, -0.05) is 23.2 Å². The molecule has 0 radical (unpaired) electrons.